The smallest absolute Gasteiger partial charge is 0.274 e. The fourth-order valence-electron chi connectivity index (χ4n) is 4.07. The summed E-state index contributed by atoms with van der Waals surface area (Å²) in [5.41, 5.74) is 4.45. The molecule has 0 spiro atoms. The predicted molar refractivity (Wildman–Crippen MR) is 140 cm³/mol. The Kier molecular flexibility index (Phi) is 6.54. The molecule has 4 nitrogen and oxygen atoms in total. The van der Waals surface area contributed by atoms with Gasteiger partial charge < -0.3 is 4.74 Å². The lowest BCUT2D eigenvalue weighted by atomic mass is 10.1. The molecule has 0 aliphatic carbocycles. The van der Waals surface area contributed by atoms with Crippen LogP contribution in [-0.2, 0) is 0 Å². The van der Waals surface area contributed by atoms with Crippen LogP contribution in [-0.4, -0.2) is 16.0 Å². The Morgan fingerprint density at radius 2 is 1.56 bits per heavy atom. The SMILES string of the molecule is CCCCCOc1ccccc1C=c1sc2nc(-c3ccccc3)c(-c3ccccc3)n2c1=O. The van der Waals surface area contributed by atoms with Crippen LogP contribution in [0.2, 0.25) is 0 Å². The summed E-state index contributed by atoms with van der Waals surface area (Å²) < 4.78 is 8.42. The zero-order chi connectivity index (χ0) is 23.3. The van der Waals surface area contributed by atoms with E-state index >= 15 is 0 Å². The highest BCUT2D eigenvalue weighted by Crippen LogP contribution is 2.32. The Hall–Kier alpha value is -3.70. The van der Waals surface area contributed by atoms with E-state index in [1.807, 2.05) is 91.0 Å². The number of fused-ring (bicyclic) bond motifs is 1. The Morgan fingerprint density at radius 3 is 2.29 bits per heavy atom. The van der Waals surface area contributed by atoms with Gasteiger partial charge in [0.1, 0.15) is 5.75 Å². The van der Waals surface area contributed by atoms with Crippen LogP contribution in [0.3, 0.4) is 0 Å². The molecule has 0 aliphatic heterocycles. The second kappa shape index (κ2) is 10.1. The molecule has 34 heavy (non-hydrogen) atoms. The second-order valence-corrected chi connectivity index (χ2v) is 9.18. The van der Waals surface area contributed by atoms with Gasteiger partial charge in [0.2, 0.25) is 0 Å². The Balaban J connectivity index is 1.64. The van der Waals surface area contributed by atoms with E-state index in [4.69, 9.17) is 9.72 Å². The lowest BCUT2D eigenvalue weighted by Crippen LogP contribution is -2.23. The number of thiazole rings is 1. The predicted octanol–water partition coefficient (Wildman–Crippen LogP) is 6.21. The Bertz CT molecular complexity index is 1500. The van der Waals surface area contributed by atoms with Crippen LogP contribution in [0, 0.1) is 0 Å². The molecule has 2 heterocycles. The van der Waals surface area contributed by atoms with E-state index in [-0.39, 0.29) is 5.56 Å². The molecule has 0 saturated carbocycles. The maximum absolute atomic E-state index is 13.6. The molecule has 0 unspecified atom stereocenters. The number of benzene rings is 3. The van der Waals surface area contributed by atoms with Crippen LogP contribution in [0.1, 0.15) is 31.7 Å². The van der Waals surface area contributed by atoms with Gasteiger partial charge in [0.15, 0.2) is 4.96 Å². The second-order valence-electron chi connectivity index (χ2n) is 8.17. The summed E-state index contributed by atoms with van der Waals surface area (Å²) in [5.74, 6) is 0.803. The monoisotopic (exact) mass is 466 g/mol. The number of hydrogen-bond acceptors (Lipinski definition) is 4. The van der Waals surface area contributed by atoms with Crippen molar-refractivity contribution in [1.29, 1.82) is 0 Å². The third-order valence-corrected chi connectivity index (χ3v) is 6.74. The van der Waals surface area contributed by atoms with Crippen molar-refractivity contribution in [2.75, 3.05) is 6.61 Å². The highest BCUT2D eigenvalue weighted by Gasteiger charge is 2.20. The topological polar surface area (TPSA) is 43.6 Å². The standard InChI is InChI=1S/C29H26N2O2S/c1-2-3-12-19-33-24-18-11-10-17-23(24)20-25-28(32)31-27(22-15-8-5-9-16-22)26(30-29(31)34-25)21-13-6-4-7-14-21/h4-11,13-18,20H,2-3,12,19H2,1H3. The van der Waals surface area contributed by atoms with Crippen molar-refractivity contribution < 1.29 is 4.74 Å². The molecule has 170 valence electrons. The van der Waals surface area contributed by atoms with Gasteiger partial charge in [-0.15, -0.1) is 0 Å². The van der Waals surface area contributed by atoms with Crippen LogP contribution >= 0.6 is 11.3 Å². The third kappa shape index (κ3) is 4.39. The molecule has 0 aliphatic rings. The van der Waals surface area contributed by atoms with Gasteiger partial charge in [-0.3, -0.25) is 4.79 Å². The zero-order valence-corrected chi connectivity index (χ0v) is 19.9. The first-order chi connectivity index (χ1) is 16.8. The van der Waals surface area contributed by atoms with Crippen LogP contribution in [0.4, 0.5) is 0 Å². The molecule has 5 rings (SSSR count). The first-order valence-electron chi connectivity index (χ1n) is 11.7. The van der Waals surface area contributed by atoms with Gasteiger partial charge in [-0.25, -0.2) is 9.38 Å². The first kappa shape index (κ1) is 22.1. The van der Waals surface area contributed by atoms with Gasteiger partial charge in [-0.2, -0.15) is 0 Å². The molecule has 0 saturated heterocycles. The summed E-state index contributed by atoms with van der Waals surface area (Å²) in [4.78, 5) is 19.2. The maximum atomic E-state index is 13.6. The molecule has 0 amide bonds. The lowest BCUT2D eigenvalue weighted by Gasteiger charge is -2.08. The number of imidazole rings is 1. The number of ether oxygens (including phenoxy) is 1. The Morgan fingerprint density at radius 1 is 0.882 bits per heavy atom. The molecule has 0 atom stereocenters. The number of rotatable bonds is 8. The highest BCUT2D eigenvalue weighted by atomic mass is 32.1. The summed E-state index contributed by atoms with van der Waals surface area (Å²) in [6.07, 6.45) is 5.24. The number of nitrogens with zero attached hydrogens (tertiary/aromatic N) is 2. The van der Waals surface area contributed by atoms with E-state index < -0.39 is 0 Å². The van der Waals surface area contributed by atoms with Crippen molar-refractivity contribution in [3.05, 3.63) is 105 Å². The minimum absolute atomic E-state index is 0.0608. The average Bonchev–Trinajstić information content (AvgIpc) is 3.40. The number of para-hydroxylation sites is 1. The minimum atomic E-state index is -0.0608. The van der Waals surface area contributed by atoms with Crippen molar-refractivity contribution in [2.24, 2.45) is 0 Å². The molecule has 5 aromatic rings. The quantitative estimate of drug-likeness (QED) is 0.256. The Labute approximate surface area is 202 Å². The summed E-state index contributed by atoms with van der Waals surface area (Å²) in [7, 11) is 0. The van der Waals surface area contributed by atoms with Crippen LogP contribution in [0.5, 0.6) is 5.75 Å². The molecule has 2 aromatic heterocycles. The van der Waals surface area contributed by atoms with Gasteiger partial charge in [-0.1, -0.05) is 110 Å². The average molecular weight is 467 g/mol. The largest absolute Gasteiger partial charge is 0.493 e. The van der Waals surface area contributed by atoms with Gasteiger partial charge in [0.25, 0.3) is 5.56 Å². The summed E-state index contributed by atoms with van der Waals surface area (Å²) in [6.45, 7) is 2.85. The maximum Gasteiger partial charge on any atom is 0.274 e. The van der Waals surface area contributed by atoms with Gasteiger partial charge in [0.05, 0.1) is 22.5 Å². The van der Waals surface area contributed by atoms with Gasteiger partial charge in [0, 0.05) is 16.7 Å². The van der Waals surface area contributed by atoms with Crippen molar-refractivity contribution in [2.45, 2.75) is 26.2 Å². The van der Waals surface area contributed by atoms with E-state index in [0.29, 0.717) is 16.1 Å². The van der Waals surface area contributed by atoms with Crippen LogP contribution in [0.25, 0.3) is 33.6 Å². The van der Waals surface area contributed by atoms with Crippen LogP contribution in [0.15, 0.2) is 89.7 Å². The fraction of sp³-hybridized carbons (Fsp3) is 0.172. The molecule has 0 fully saturated rings. The molecule has 0 N–H and O–H groups in total. The normalized spacial score (nSPS) is 11.9. The molecular formula is C29H26N2O2S. The van der Waals surface area contributed by atoms with Crippen molar-refractivity contribution in [3.63, 3.8) is 0 Å². The van der Waals surface area contributed by atoms with Gasteiger partial charge in [-0.05, 0) is 18.6 Å². The lowest BCUT2D eigenvalue weighted by molar-refractivity contribution is 0.305. The van der Waals surface area contributed by atoms with Crippen molar-refractivity contribution in [3.8, 4) is 28.3 Å². The molecule has 0 bridgehead atoms. The highest BCUT2D eigenvalue weighted by molar-refractivity contribution is 7.15. The fourth-order valence-corrected chi connectivity index (χ4v) is 5.03. The van der Waals surface area contributed by atoms with Gasteiger partial charge >= 0.3 is 0 Å². The van der Waals surface area contributed by atoms with E-state index in [1.54, 1.807) is 4.40 Å². The minimum Gasteiger partial charge on any atom is -0.493 e. The van der Waals surface area contributed by atoms with E-state index in [2.05, 4.69) is 6.92 Å². The van der Waals surface area contributed by atoms with E-state index in [0.717, 1.165) is 53.1 Å². The number of unbranched alkanes of at least 4 members (excludes halogenated alkanes) is 2. The van der Waals surface area contributed by atoms with E-state index in [1.165, 1.54) is 11.3 Å². The summed E-state index contributed by atoms with van der Waals surface area (Å²) in [5, 5.41) is 0. The number of aromatic nitrogens is 2. The van der Waals surface area contributed by atoms with E-state index in [9.17, 15) is 4.79 Å². The first-order valence-corrected chi connectivity index (χ1v) is 12.5. The van der Waals surface area contributed by atoms with Crippen molar-refractivity contribution in [1.82, 2.24) is 9.38 Å². The molecule has 0 radical (unpaired) electrons. The summed E-state index contributed by atoms with van der Waals surface area (Å²) in [6, 6.07) is 27.9. The molecule has 5 heteroatoms. The van der Waals surface area contributed by atoms with Crippen LogP contribution < -0.4 is 14.8 Å². The third-order valence-electron chi connectivity index (χ3n) is 5.77. The summed E-state index contributed by atoms with van der Waals surface area (Å²) >= 11 is 1.41. The van der Waals surface area contributed by atoms with Crippen molar-refractivity contribution >= 4 is 22.4 Å². The zero-order valence-electron chi connectivity index (χ0n) is 19.1. The molecule has 3 aromatic carbocycles. The number of hydrogen-bond donors (Lipinski definition) is 0. The molecular weight excluding hydrogens is 440 g/mol.